The number of aromatic amines is 1. The summed E-state index contributed by atoms with van der Waals surface area (Å²) >= 11 is 0. The van der Waals surface area contributed by atoms with Crippen molar-refractivity contribution in [2.75, 3.05) is 20.2 Å². The second kappa shape index (κ2) is 8.04. The van der Waals surface area contributed by atoms with Gasteiger partial charge in [-0.3, -0.25) is 4.79 Å². The molecule has 0 bridgehead atoms. The van der Waals surface area contributed by atoms with Crippen molar-refractivity contribution in [2.45, 2.75) is 24.5 Å². The van der Waals surface area contributed by atoms with Crippen molar-refractivity contribution < 1.29 is 14.6 Å². The van der Waals surface area contributed by atoms with Crippen LogP contribution in [0.3, 0.4) is 0 Å². The second-order valence-electron chi connectivity index (χ2n) is 7.21. The third-order valence-corrected chi connectivity index (χ3v) is 5.42. The van der Waals surface area contributed by atoms with E-state index < -0.39 is 6.10 Å². The van der Waals surface area contributed by atoms with E-state index in [1.165, 1.54) is 0 Å². The Bertz CT molecular complexity index is 951. The minimum Gasteiger partial charge on any atom is -0.497 e. The number of benzene rings is 2. The Kier molecular flexibility index (Phi) is 5.32. The average Bonchev–Trinajstić information content (AvgIpc) is 3.35. The molecule has 2 aromatic carbocycles. The number of aliphatic hydroxyl groups excluding tert-OH is 1. The van der Waals surface area contributed by atoms with Crippen molar-refractivity contribution in [3.05, 3.63) is 65.9 Å². The van der Waals surface area contributed by atoms with Crippen LogP contribution in [0.2, 0.25) is 0 Å². The van der Waals surface area contributed by atoms with Gasteiger partial charge in [-0.2, -0.15) is 0 Å². The van der Waals surface area contributed by atoms with Crippen molar-refractivity contribution in [1.82, 2.24) is 15.6 Å². The summed E-state index contributed by atoms with van der Waals surface area (Å²) in [4.78, 5) is 15.9. The Morgan fingerprint density at radius 3 is 2.75 bits per heavy atom. The predicted octanol–water partition coefficient (Wildman–Crippen LogP) is 2.15. The number of aliphatic hydroxyl groups is 1. The highest BCUT2D eigenvalue weighted by atomic mass is 16.5. The number of amides is 1. The average molecular weight is 379 g/mol. The molecule has 0 unspecified atom stereocenters. The summed E-state index contributed by atoms with van der Waals surface area (Å²) in [5.41, 5.74) is 3.31. The maximum absolute atomic E-state index is 12.5. The van der Waals surface area contributed by atoms with Gasteiger partial charge in [0.25, 0.3) is 0 Å². The SMILES string of the molecule is COc1ccc([C@H](CNC(=O)[C@@H]2C[C@@H](O)CN2)c2c[nH]c3ccccc23)cc1. The van der Waals surface area contributed by atoms with Gasteiger partial charge in [0.15, 0.2) is 0 Å². The smallest absolute Gasteiger partial charge is 0.237 e. The van der Waals surface area contributed by atoms with Gasteiger partial charge in [-0.15, -0.1) is 0 Å². The lowest BCUT2D eigenvalue weighted by Gasteiger charge is -2.20. The molecule has 6 heteroatoms. The lowest BCUT2D eigenvalue weighted by Crippen LogP contribution is -2.42. The molecule has 146 valence electrons. The topological polar surface area (TPSA) is 86.4 Å². The molecule has 0 aliphatic carbocycles. The summed E-state index contributed by atoms with van der Waals surface area (Å²) in [7, 11) is 1.65. The third-order valence-electron chi connectivity index (χ3n) is 5.42. The van der Waals surface area contributed by atoms with Crippen molar-refractivity contribution >= 4 is 16.8 Å². The zero-order chi connectivity index (χ0) is 19.5. The zero-order valence-corrected chi connectivity index (χ0v) is 15.8. The Labute approximate surface area is 163 Å². The molecule has 0 saturated carbocycles. The van der Waals surface area contributed by atoms with Gasteiger partial charge in [0.2, 0.25) is 5.91 Å². The van der Waals surface area contributed by atoms with E-state index in [-0.39, 0.29) is 17.9 Å². The first-order valence-corrected chi connectivity index (χ1v) is 9.55. The summed E-state index contributed by atoms with van der Waals surface area (Å²) in [5.74, 6) is 0.724. The lowest BCUT2D eigenvalue weighted by atomic mass is 9.90. The molecule has 4 N–H and O–H groups in total. The number of aromatic nitrogens is 1. The molecule has 28 heavy (non-hydrogen) atoms. The van der Waals surface area contributed by atoms with E-state index in [9.17, 15) is 9.90 Å². The molecule has 1 amide bonds. The number of fused-ring (bicyclic) bond motifs is 1. The molecule has 4 rings (SSSR count). The normalized spacial score (nSPS) is 20.2. The molecule has 0 radical (unpaired) electrons. The quantitative estimate of drug-likeness (QED) is 0.529. The minimum absolute atomic E-state index is 0.00247. The van der Waals surface area contributed by atoms with Crippen LogP contribution in [0.4, 0.5) is 0 Å². The van der Waals surface area contributed by atoms with Crippen LogP contribution in [-0.4, -0.2) is 48.3 Å². The number of rotatable bonds is 6. The Hall–Kier alpha value is -2.83. The maximum atomic E-state index is 12.5. The summed E-state index contributed by atoms with van der Waals surface area (Å²) in [6.45, 7) is 0.934. The number of nitrogens with one attached hydrogen (secondary N) is 3. The first kappa shape index (κ1) is 18.5. The summed E-state index contributed by atoms with van der Waals surface area (Å²) in [6.07, 6.45) is 2.01. The van der Waals surface area contributed by atoms with Crippen LogP contribution in [0.15, 0.2) is 54.7 Å². The number of β-amino-alcohol motifs (C(OH)–C–C–N with tert-alkyl or cyclic N) is 1. The number of ether oxygens (including phenoxy) is 1. The standard InChI is InChI=1S/C22H25N3O3/c1-28-16-8-6-14(7-9-16)18(12-25-22(27)21-10-15(26)11-23-21)19-13-24-20-5-3-2-4-17(19)20/h2-9,13,15,18,21,23-24,26H,10-12H2,1H3,(H,25,27)/t15-,18+,21+/m1/s1. The van der Waals surface area contributed by atoms with Gasteiger partial charge in [0.1, 0.15) is 5.75 Å². The second-order valence-corrected chi connectivity index (χ2v) is 7.21. The fourth-order valence-electron chi connectivity index (χ4n) is 3.87. The van der Waals surface area contributed by atoms with E-state index in [0.717, 1.165) is 27.8 Å². The molecule has 1 aliphatic rings. The number of para-hydroxylation sites is 1. The molecule has 6 nitrogen and oxygen atoms in total. The number of hydrogen-bond donors (Lipinski definition) is 4. The molecule has 1 aromatic heterocycles. The number of hydrogen-bond acceptors (Lipinski definition) is 4. The fraction of sp³-hybridized carbons (Fsp3) is 0.318. The van der Waals surface area contributed by atoms with Gasteiger partial charge in [-0.25, -0.2) is 0 Å². The zero-order valence-electron chi connectivity index (χ0n) is 15.8. The number of methoxy groups -OCH3 is 1. The van der Waals surface area contributed by atoms with Gasteiger partial charge < -0.3 is 25.5 Å². The highest BCUT2D eigenvalue weighted by molar-refractivity contribution is 5.85. The Balaban J connectivity index is 1.60. The molecule has 1 fully saturated rings. The molecule has 3 aromatic rings. The highest BCUT2D eigenvalue weighted by Crippen LogP contribution is 2.31. The lowest BCUT2D eigenvalue weighted by molar-refractivity contribution is -0.122. The monoisotopic (exact) mass is 379 g/mol. The molecule has 2 heterocycles. The Morgan fingerprint density at radius 2 is 2.04 bits per heavy atom. The molecular weight excluding hydrogens is 354 g/mol. The van der Waals surface area contributed by atoms with E-state index in [0.29, 0.717) is 19.5 Å². The van der Waals surface area contributed by atoms with Crippen molar-refractivity contribution in [3.63, 3.8) is 0 Å². The number of carbonyl (C=O) groups is 1. The van der Waals surface area contributed by atoms with Crippen molar-refractivity contribution in [3.8, 4) is 5.75 Å². The van der Waals surface area contributed by atoms with Crippen molar-refractivity contribution in [2.24, 2.45) is 0 Å². The van der Waals surface area contributed by atoms with E-state index in [1.54, 1.807) is 7.11 Å². The van der Waals surface area contributed by atoms with Gasteiger partial charge in [-0.05, 0) is 35.7 Å². The van der Waals surface area contributed by atoms with Crippen LogP contribution >= 0.6 is 0 Å². The third kappa shape index (κ3) is 3.74. The summed E-state index contributed by atoms with van der Waals surface area (Å²) in [6, 6.07) is 15.8. The fourth-order valence-corrected chi connectivity index (χ4v) is 3.87. The molecule has 0 spiro atoms. The summed E-state index contributed by atoms with van der Waals surface area (Å²) < 4.78 is 5.28. The molecular formula is C22H25N3O3. The van der Waals surface area contributed by atoms with Gasteiger partial charge in [0, 0.05) is 36.1 Å². The largest absolute Gasteiger partial charge is 0.497 e. The predicted molar refractivity (Wildman–Crippen MR) is 109 cm³/mol. The first-order chi connectivity index (χ1) is 13.7. The summed E-state index contributed by atoms with van der Waals surface area (Å²) in [5, 5.41) is 16.9. The number of H-pyrrole nitrogens is 1. The first-order valence-electron chi connectivity index (χ1n) is 9.55. The van der Waals surface area contributed by atoms with Crippen LogP contribution in [0, 0.1) is 0 Å². The van der Waals surface area contributed by atoms with E-state index in [2.05, 4.69) is 21.7 Å². The van der Waals surface area contributed by atoms with Crippen LogP contribution in [0.25, 0.3) is 10.9 Å². The maximum Gasteiger partial charge on any atom is 0.237 e. The minimum atomic E-state index is -0.457. The van der Waals surface area contributed by atoms with Crippen molar-refractivity contribution in [1.29, 1.82) is 0 Å². The van der Waals surface area contributed by atoms with Crippen LogP contribution in [-0.2, 0) is 4.79 Å². The van der Waals surface area contributed by atoms with E-state index in [4.69, 9.17) is 4.74 Å². The molecule has 1 aliphatic heterocycles. The van der Waals surface area contributed by atoms with Crippen LogP contribution in [0.1, 0.15) is 23.5 Å². The Morgan fingerprint density at radius 1 is 1.25 bits per heavy atom. The van der Waals surface area contributed by atoms with E-state index >= 15 is 0 Å². The number of carbonyl (C=O) groups excluding carboxylic acids is 1. The van der Waals surface area contributed by atoms with Crippen LogP contribution < -0.4 is 15.4 Å². The van der Waals surface area contributed by atoms with Gasteiger partial charge in [-0.1, -0.05) is 30.3 Å². The van der Waals surface area contributed by atoms with Gasteiger partial charge >= 0.3 is 0 Å². The van der Waals surface area contributed by atoms with E-state index in [1.807, 2.05) is 48.7 Å². The van der Waals surface area contributed by atoms with Gasteiger partial charge in [0.05, 0.1) is 19.3 Å². The molecule has 1 saturated heterocycles. The highest BCUT2D eigenvalue weighted by Gasteiger charge is 2.28. The van der Waals surface area contributed by atoms with Crippen LogP contribution in [0.5, 0.6) is 5.75 Å². The molecule has 3 atom stereocenters.